The van der Waals surface area contributed by atoms with E-state index in [-0.39, 0.29) is 18.2 Å². The average Bonchev–Trinajstić information content (AvgIpc) is 2.80. The second kappa shape index (κ2) is 5.81. The van der Waals surface area contributed by atoms with E-state index in [1.807, 2.05) is 12.1 Å². The van der Waals surface area contributed by atoms with Gasteiger partial charge in [0, 0.05) is 19.5 Å². The molecule has 0 bridgehead atoms. The number of amides is 2. The Kier molecular flexibility index (Phi) is 4.12. The van der Waals surface area contributed by atoms with Crippen molar-refractivity contribution in [2.45, 2.75) is 13.0 Å². The molecule has 1 heterocycles. The minimum Gasteiger partial charge on any atom is -0.493 e. The molecule has 0 radical (unpaired) electrons. The van der Waals surface area contributed by atoms with Crippen LogP contribution in [0.15, 0.2) is 18.2 Å². The summed E-state index contributed by atoms with van der Waals surface area (Å²) in [4.78, 5) is 24.6. The number of nitrogens with zero attached hydrogens (tertiary/aromatic N) is 1. The molecule has 2 N–H and O–H groups in total. The molecular weight excluding hydrogens is 260 g/mol. The number of nitrogens with two attached hydrogens (primary N) is 1. The summed E-state index contributed by atoms with van der Waals surface area (Å²) in [7, 11) is 3.13. The van der Waals surface area contributed by atoms with E-state index in [0.29, 0.717) is 24.6 Å². The monoisotopic (exact) mass is 278 g/mol. The van der Waals surface area contributed by atoms with Gasteiger partial charge in [-0.15, -0.1) is 0 Å². The predicted molar refractivity (Wildman–Crippen MR) is 72.3 cm³/mol. The first kappa shape index (κ1) is 14.2. The highest BCUT2D eigenvalue weighted by Gasteiger charge is 2.32. The van der Waals surface area contributed by atoms with Crippen LogP contribution in [-0.4, -0.2) is 37.5 Å². The van der Waals surface area contributed by atoms with Gasteiger partial charge in [-0.3, -0.25) is 9.59 Å². The SMILES string of the molecule is COc1ccc(CN2CC(C(N)=O)CC2=O)cc1OC. The van der Waals surface area contributed by atoms with E-state index in [1.165, 1.54) is 0 Å². The Hall–Kier alpha value is -2.24. The second-order valence-electron chi connectivity index (χ2n) is 4.77. The Morgan fingerprint density at radius 3 is 2.60 bits per heavy atom. The van der Waals surface area contributed by atoms with Crippen LogP contribution in [0, 0.1) is 5.92 Å². The number of rotatable bonds is 5. The lowest BCUT2D eigenvalue weighted by Gasteiger charge is -2.17. The first-order valence-corrected chi connectivity index (χ1v) is 6.33. The van der Waals surface area contributed by atoms with Gasteiger partial charge in [0.05, 0.1) is 20.1 Å². The topological polar surface area (TPSA) is 81.9 Å². The molecule has 1 aromatic carbocycles. The third kappa shape index (κ3) is 2.84. The zero-order valence-corrected chi connectivity index (χ0v) is 11.6. The molecule has 1 aliphatic rings. The van der Waals surface area contributed by atoms with E-state index in [9.17, 15) is 9.59 Å². The lowest BCUT2D eigenvalue weighted by atomic mass is 10.1. The Balaban J connectivity index is 2.10. The molecule has 20 heavy (non-hydrogen) atoms. The van der Waals surface area contributed by atoms with Gasteiger partial charge in [-0.05, 0) is 17.7 Å². The molecule has 108 valence electrons. The lowest BCUT2D eigenvalue weighted by Crippen LogP contribution is -2.28. The third-order valence-corrected chi connectivity index (χ3v) is 3.44. The van der Waals surface area contributed by atoms with Crippen LogP contribution in [0.3, 0.4) is 0 Å². The zero-order valence-electron chi connectivity index (χ0n) is 11.6. The minimum atomic E-state index is -0.423. The number of benzene rings is 1. The number of carbonyl (C=O) groups is 2. The van der Waals surface area contributed by atoms with Crippen LogP contribution in [0.4, 0.5) is 0 Å². The molecular formula is C14H18N2O4. The Morgan fingerprint density at radius 1 is 1.35 bits per heavy atom. The molecule has 1 aliphatic heterocycles. The van der Waals surface area contributed by atoms with Crippen LogP contribution in [-0.2, 0) is 16.1 Å². The fourth-order valence-electron chi connectivity index (χ4n) is 2.31. The van der Waals surface area contributed by atoms with Gasteiger partial charge in [0.25, 0.3) is 0 Å². The van der Waals surface area contributed by atoms with Crippen LogP contribution in [0.2, 0.25) is 0 Å². The number of ether oxygens (including phenoxy) is 2. The largest absolute Gasteiger partial charge is 0.493 e. The van der Waals surface area contributed by atoms with Gasteiger partial charge < -0.3 is 20.1 Å². The molecule has 2 rings (SSSR count). The summed E-state index contributed by atoms with van der Waals surface area (Å²) in [6, 6.07) is 5.48. The summed E-state index contributed by atoms with van der Waals surface area (Å²) < 4.78 is 10.4. The predicted octanol–water partition coefficient (Wildman–Crippen LogP) is 0.538. The summed E-state index contributed by atoms with van der Waals surface area (Å²) >= 11 is 0. The van der Waals surface area contributed by atoms with Crippen molar-refractivity contribution in [3.8, 4) is 11.5 Å². The van der Waals surface area contributed by atoms with Crippen molar-refractivity contribution in [1.29, 1.82) is 0 Å². The van der Waals surface area contributed by atoms with E-state index < -0.39 is 5.91 Å². The van der Waals surface area contributed by atoms with Crippen molar-refractivity contribution in [3.05, 3.63) is 23.8 Å². The second-order valence-corrected chi connectivity index (χ2v) is 4.77. The van der Waals surface area contributed by atoms with E-state index >= 15 is 0 Å². The summed E-state index contributed by atoms with van der Waals surface area (Å²) in [6.07, 6.45) is 0.197. The molecule has 1 fully saturated rings. The Labute approximate surface area is 117 Å². The Bertz CT molecular complexity index is 530. The van der Waals surface area contributed by atoms with Crippen molar-refractivity contribution in [1.82, 2.24) is 4.90 Å². The molecule has 1 saturated heterocycles. The fraction of sp³-hybridized carbons (Fsp3) is 0.429. The van der Waals surface area contributed by atoms with Crippen LogP contribution in [0.5, 0.6) is 11.5 Å². The molecule has 1 atom stereocenters. The maximum absolute atomic E-state index is 11.8. The van der Waals surface area contributed by atoms with Crippen LogP contribution in [0.25, 0.3) is 0 Å². The van der Waals surface area contributed by atoms with Gasteiger partial charge in [0.1, 0.15) is 0 Å². The summed E-state index contributed by atoms with van der Waals surface area (Å²) in [5.74, 6) is 0.390. The summed E-state index contributed by atoms with van der Waals surface area (Å²) in [5.41, 5.74) is 6.16. The number of primary amides is 1. The van der Waals surface area contributed by atoms with E-state index in [4.69, 9.17) is 15.2 Å². The van der Waals surface area contributed by atoms with Crippen molar-refractivity contribution >= 4 is 11.8 Å². The number of hydrogen-bond acceptors (Lipinski definition) is 4. The fourth-order valence-corrected chi connectivity index (χ4v) is 2.31. The molecule has 0 spiro atoms. The number of carbonyl (C=O) groups excluding carboxylic acids is 2. The highest BCUT2D eigenvalue weighted by atomic mass is 16.5. The molecule has 1 unspecified atom stereocenters. The van der Waals surface area contributed by atoms with Gasteiger partial charge in [0.15, 0.2) is 11.5 Å². The van der Waals surface area contributed by atoms with Crippen molar-refractivity contribution in [2.75, 3.05) is 20.8 Å². The van der Waals surface area contributed by atoms with Crippen molar-refractivity contribution < 1.29 is 19.1 Å². The molecule has 1 aromatic rings. The van der Waals surface area contributed by atoms with Gasteiger partial charge in [-0.25, -0.2) is 0 Å². The maximum atomic E-state index is 11.8. The molecule has 6 heteroatoms. The van der Waals surface area contributed by atoms with E-state index in [0.717, 1.165) is 5.56 Å². The van der Waals surface area contributed by atoms with Gasteiger partial charge in [0.2, 0.25) is 11.8 Å². The average molecular weight is 278 g/mol. The highest BCUT2D eigenvalue weighted by molar-refractivity contribution is 5.88. The quantitative estimate of drug-likeness (QED) is 0.852. The van der Waals surface area contributed by atoms with Gasteiger partial charge in [-0.2, -0.15) is 0 Å². The lowest BCUT2D eigenvalue weighted by molar-refractivity contribution is -0.128. The molecule has 6 nitrogen and oxygen atoms in total. The molecule has 0 saturated carbocycles. The van der Waals surface area contributed by atoms with Crippen molar-refractivity contribution in [2.24, 2.45) is 11.7 Å². The standard InChI is InChI=1S/C14H18N2O4/c1-19-11-4-3-9(5-12(11)20-2)7-16-8-10(14(15)18)6-13(16)17/h3-5,10H,6-8H2,1-2H3,(H2,15,18). The number of likely N-dealkylation sites (tertiary alicyclic amines) is 1. The van der Waals surface area contributed by atoms with E-state index in [2.05, 4.69) is 0 Å². The van der Waals surface area contributed by atoms with Crippen LogP contribution < -0.4 is 15.2 Å². The smallest absolute Gasteiger partial charge is 0.223 e. The van der Waals surface area contributed by atoms with Crippen LogP contribution >= 0.6 is 0 Å². The molecule has 0 aromatic heterocycles. The number of hydrogen-bond donors (Lipinski definition) is 1. The highest BCUT2D eigenvalue weighted by Crippen LogP contribution is 2.29. The number of methoxy groups -OCH3 is 2. The van der Waals surface area contributed by atoms with E-state index in [1.54, 1.807) is 25.2 Å². The summed E-state index contributed by atoms with van der Waals surface area (Å²) in [5, 5.41) is 0. The summed E-state index contributed by atoms with van der Waals surface area (Å²) in [6.45, 7) is 0.811. The molecule has 2 amide bonds. The third-order valence-electron chi connectivity index (χ3n) is 3.44. The van der Waals surface area contributed by atoms with Crippen molar-refractivity contribution in [3.63, 3.8) is 0 Å². The first-order valence-electron chi connectivity index (χ1n) is 6.33. The Morgan fingerprint density at radius 2 is 2.05 bits per heavy atom. The maximum Gasteiger partial charge on any atom is 0.223 e. The van der Waals surface area contributed by atoms with Gasteiger partial charge >= 0.3 is 0 Å². The zero-order chi connectivity index (χ0) is 14.7. The van der Waals surface area contributed by atoms with Crippen LogP contribution in [0.1, 0.15) is 12.0 Å². The normalized spacial score (nSPS) is 18.2. The van der Waals surface area contributed by atoms with Gasteiger partial charge in [-0.1, -0.05) is 6.07 Å². The molecule has 0 aliphatic carbocycles. The minimum absolute atomic E-state index is 0.0522. The first-order chi connectivity index (χ1) is 9.55.